The molecule has 2 rings (SSSR count). The van der Waals surface area contributed by atoms with E-state index in [1.54, 1.807) is 42.4 Å². The van der Waals surface area contributed by atoms with E-state index in [0.717, 1.165) is 0 Å². The van der Waals surface area contributed by atoms with E-state index in [2.05, 4.69) is 5.10 Å². The number of amides is 1. The van der Waals surface area contributed by atoms with Crippen molar-refractivity contribution < 1.29 is 14.3 Å². The highest BCUT2D eigenvalue weighted by molar-refractivity contribution is 5.94. The van der Waals surface area contributed by atoms with E-state index >= 15 is 0 Å². The van der Waals surface area contributed by atoms with Crippen LogP contribution < -0.4 is 4.74 Å². The van der Waals surface area contributed by atoms with Gasteiger partial charge in [-0.05, 0) is 38.1 Å². The standard InChI is InChI=1S/C16H19N3O3/c1-4-19(5-2)15(20)12-6-8-14(9-7-12)22-16(21)13-10-17-18(3)11-13/h6-11H,4-5H2,1-3H3. The molecule has 0 bridgehead atoms. The smallest absolute Gasteiger partial charge is 0.346 e. The number of ether oxygens (including phenoxy) is 1. The van der Waals surface area contributed by atoms with Crippen LogP contribution in [-0.4, -0.2) is 39.6 Å². The van der Waals surface area contributed by atoms with Crippen molar-refractivity contribution in [3.8, 4) is 5.75 Å². The molecule has 0 aliphatic carbocycles. The lowest BCUT2D eigenvalue weighted by Gasteiger charge is -2.18. The first-order valence-corrected chi connectivity index (χ1v) is 7.15. The minimum absolute atomic E-state index is 0.0323. The largest absolute Gasteiger partial charge is 0.423 e. The molecule has 0 unspecified atom stereocenters. The molecular formula is C16H19N3O3. The van der Waals surface area contributed by atoms with Gasteiger partial charge in [0.2, 0.25) is 0 Å². The number of hydrogen-bond donors (Lipinski definition) is 0. The van der Waals surface area contributed by atoms with Crippen molar-refractivity contribution in [3.63, 3.8) is 0 Å². The first kappa shape index (κ1) is 15.8. The monoisotopic (exact) mass is 301 g/mol. The van der Waals surface area contributed by atoms with Gasteiger partial charge in [0.15, 0.2) is 0 Å². The Kier molecular flexibility index (Phi) is 4.93. The number of hydrogen-bond acceptors (Lipinski definition) is 4. The van der Waals surface area contributed by atoms with Gasteiger partial charge in [-0.15, -0.1) is 0 Å². The van der Waals surface area contributed by atoms with Gasteiger partial charge in [0, 0.05) is 31.9 Å². The van der Waals surface area contributed by atoms with Crippen molar-refractivity contribution in [2.75, 3.05) is 13.1 Å². The summed E-state index contributed by atoms with van der Waals surface area (Å²) in [6, 6.07) is 6.55. The Morgan fingerprint density at radius 2 is 1.77 bits per heavy atom. The third-order valence-electron chi connectivity index (χ3n) is 3.30. The Morgan fingerprint density at radius 1 is 1.14 bits per heavy atom. The lowest BCUT2D eigenvalue weighted by atomic mass is 10.2. The molecule has 0 N–H and O–H groups in total. The van der Waals surface area contributed by atoms with Gasteiger partial charge >= 0.3 is 5.97 Å². The van der Waals surface area contributed by atoms with Gasteiger partial charge in [-0.1, -0.05) is 0 Å². The number of aryl methyl sites for hydroxylation is 1. The van der Waals surface area contributed by atoms with E-state index < -0.39 is 5.97 Å². The predicted octanol–water partition coefficient (Wildman–Crippen LogP) is 2.12. The maximum absolute atomic E-state index is 12.2. The van der Waals surface area contributed by atoms with Crippen LogP contribution in [0.1, 0.15) is 34.6 Å². The average molecular weight is 301 g/mol. The second-order valence-corrected chi connectivity index (χ2v) is 4.79. The van der Waals surface area contributed by atoms with E-state index in [4.69, 9.17) is 4.74 Å². The third kappa shape index (κ3) is 3.52. The van der Waals surface area contributed by atoms with Crippen LogP contribution in [0.3, 0.4) is 0 Å². The van der Waals surface area contributed by atoms with Gasteiger partial charge in [-0.2, -0.15) is 5.10 Å². The van der Waals surface area contributed by atoms with Crippen molar-refractivity contribution in [3.05, 3.63) is 47.8 Å². The molecule has 1 amide bonds. The second-order valence-electron chi connectivity index (χ2n) is 4.79. The molecule has 0 fully saturated rings. The van der Waals surface area contributed by atoms with E-state index in [0.29, 0.717) is 30.0 Å². The van der Waals surface area contributed by atoms with Crippen LogP contribution in [-0.2, 0) is 7.05 Å². The molecule has 1 heterocycles. The number of carbonyl (C=O) groups excluding carboxylic acids is 2. The number of carbonyl (C=O) groups is 2. The molecule has 0 radical (unpaired) electrons. The van der Waals surface area contributed by atoms with Gasteiger partial charge in [-0.3, -0.25) is 9.48 Å². The Morgan fingerprint density at radius 3 is 2.27 bits per heavy atom. The molecule has 6 heteroatoms. The SMILES string of the molecule is CCN(CC)C(=O)c1ccc(OC(=O)c2cnn(C)c2)cc1. The number of nitrogens with zero attached hydrogens (tertiary/aromatic N) is 3. The summed E-state index contributed by atoms with van der Waals surface area (Å²) in [5.74, 6) is -0.115. The molecule has 2 aromatic rings. The Balaban J connectivity index is 2.06. The van der Waals surface area contributed by atoms with Crippen molar-refractivity contribution in [2.45, 2.75) is 13.8 Å². The Hall–Kier alpha value is -2.63. The summed E-state index contributed by atoms with van der Waals surface area (Å²) >= 11 is 0. The van der Waals surface area contributed by atoms with Crippen molar-refractivity contribution in [1.29, 1.82) is 0 Å². The molecule has 22 heavy (non-hydrogen) atoms. The zero-order chi connectivity index (χ0) is 16.1. The van der Waals surface area contributed by atoms with Gasteiger partial charge in [0.25, 0.3) is 5.91 Å². The molecule has 6 nitrogen and oxygen atoms in total. The molecular weight excluding hydrogens is 282 g/mol. The van der Waals surface area contributed by atoms with E-state index in [-0.39, 0.29) is 5.91 Å². The van der Waals surface area contributed by atoms with Crippen molar-refractivity contribution in [2.24, 2.45) is 7.05 Å². The highest BCUT2D eigenvalue weighted by Crippen LogP contribution is 2.15. The Bertz CT molecular complexity index is 658. The summed E-state index contributed by atoms with van der Waals surface area (Å²) in [5.41, 5.74) is 0.954. The fourth-order valence-electron chi connectivity index (χ4n) is 2.05. The lowest BCUT2D eigenvalue weighted by molar-refractivity contribution is 0.0734. The predicted molar refractivity (Wildman–Crippen MR) is 81.9 cm³/mol. The van der Waals surface area contributed by atoms with Gasteiger partial charge in [-0.25, -0.2) is 4.79 Å². The first-order valence-electron chi connectivity index (χ1n) is 7.15. The quantitative estimate of drug-likeness (QED) is 0.627. The van der Waals surface area contributed by atoms with Crippen LogP contribution in [0.25, 0.3) is 0 Å². The topological polar surface area (TPSA) is 64.4 Å². The van der Waals surface area contributed by atoms with Crippen molar-refractivity contribution >= 4 is 11.9 Å². The van der Waals surface area contributed by atoms with E-state index in [9.17, 15) is 9.59 Å². The third-order valence-corrected chi connectivity index (χ3v) is 3.30. The number of benzene rings is 1. The highest BCUT2D eigenvalue weighted by atomic mass is 16.5. The molecule has 0 saturated heterocycles. The first-order chi connectivity index (χ1) is 10.5. The minimum Gasteiger partial charge on any atom is -0.423 e. The fraction of sp³-hybridized carbons (Fsp3) is 0.312. The number of esters is 1. The summed E-state index contributed by atoms with van der Waals surface area (Å²) in [6.07, 6.45) is 3.03. The molecule has 0 aliphatic rings. The van der Waals surface area contributed by atoms with Crippen molar-refractivity contribution in [1.82, 2.24) is 14.7 Å². The van der Waals surface area contributed by atoms with Crippen LogP contribution in [0, 0.1) is 0 Å². The molecule has 1 aromatic heterocycles. The number of rotatable bonds is 5. The molecule has 0 spiro atoms. The van der Waals surface area contributed by atoms with Crippen LogP contribution in [0.5, 0.6) is 5.75 Å². The summed E-state index contributed by atoms with van der Waals surface area (Å²) < 4.78 is 6.77. The normalized spacial score (nSPS) is 10.3. The number of aromatic nitrogens is 2. The van der Waals surface area contributed by atoms with Gasteiger partial charge in [0.1, 0.15) is 5.75 Å². The second kappa shape index (κ2) is 6.89. The van der Waals surface area contributed by atoms with E-state index in [1.807, 2.05) is 13.8 Å². The average Bonchev–Trinajstić information content (AvgIpc) is 2.96. The molecule has 1 aromatic carbocycles. The fourth-order valence-corrected chi connectivity index (χ4v) is 2.05. The lowest BCUT2D eigenvalue weighted by Crippen LogP contribution is -2.30. The molecule has 0 atom stereocenters. The molecule has 116 valence electrons. The minimum atomic E-state index is -0.476. The Labute approximate surface area is 129 Å². The maximum Gasteiger partial charge on any atom is 0.346 e. The maximum atomic E-state index is 12.2. The molecule has 0 saturated carbocycles. The van der Waals surface area contributed by atoms with Crippen LogP contribution in [0.15, 0.2) is 36.7 Å². The summed E-state index contributed by atoms with van der Waals surface area (Å²) in [4.78, 5) is 25.8. The van der Waals surface area contributed by atoms with Crippen LogP contribution in [0.4, 0.5) is 0 Å². The highest BCUT2D eigenvalue weighted by Gasteiger charge is 2.14. The summed E-state index contributed by atoms with van der Waals surface area (Å²) in [5, 5.41) is 3.92. The van der Waals surface area contributed by atoms with Crippen LogP contribution in [0.2, 0.25) is 0 Å². The van der Waals surface area contributed by atoms with Gasteiger partial charge in [0.05, 0.1) is 11.8 Å². The van der Waals surface area contributed by atoms with Crippen LogP contribution >= 0.6 is 0 Å². The molecule has 0 aliphatic heterocycles. The van der Waals surface area contributed by atoms with Gasteiger partial charge < -0.3 is 9.64 Å². The zero-order valence-corrected chi connectivity index (χ0v) is 12.9. The summed E-state index contributed by atoms with van der Waals surface area (Å²) in [6.45, 7) is 5.19. The summed E-state index contributed by atoms with van der Waals surface area (Å²) in [7, 11) is 1.73. The van der Waals surface area contributed by atoms with E-state index in [1.165, 1.54) is 10.9 Å². The zero-order valence-electron chi connectivity index (χ0n) is 12.9.